The molecule has 2 heterocycles. The Morgan fingerprint density at radius 2 is 2.18 bits per heavy atom. The van der Waals surface area contributed by atoms with Crippen LogP contribution in [0.25, 0.3) is 0 Å². The zero-order valence-electron chi connectivity index (χ0n) is 10.9. The highest BCUT2D eigenvalue weighted by molar-refractivity contribution is 5.81. The molecule has 2 saturated heterocycles. The van der Waals surface area contributed by atoms with Crippen molar-refractivity contribution in [3.05, 3.63) is 0 Å². The van der Waals surface area contributed by atoms with Crippen LogP contribution in [-0.4, -0.2) is 49.6 Å². The van der Waals surface area contributed by atoms with Gasteiger partial charge in [0.1, 0.15) is 0 Å². The molecule has 0 aliphatic carbocycles. The van der Waals surface area contributed by atoms with Gasteiger partial charge in [-0.05, 0) is 51.2 Å². The van der Waals surface area contributed by atoms with Crippen LogP contribution in [0.3, 0.4) is 0 Å². The van der Waals surface area contributed by atoms with Gasteiger partial charge in [-0.3, -0.25) is 4.79 Å². The third-order valence-corrected chi connectivity index (χ3v) is 3.91. The molecule has 2 aliphatic heterocycles. The van der Waals surface area contributed by atoms with Crippen LogP contribution in [0.2, 0.25) is 0 Å². The molecule has 98 valence electrons. The van der Waals surface area contributed by atoms with E-state index in [1.165, 1.54) is 32.4 Å². The molecular formula is C13H25N3O. The molecule has 2 aliphatic rings. The quantitative estimate of drug-likeness (QED) is 0.754. The Morgan fingerprint density at radius 1 is 1.41 bits per heavy atom. The average molecular weight is 239 g/mol. The summed E-state index contributed by atoms with van der Waals surface area (Å²) in [5.74, 6) is 0.862. The molecule has 2 N–H and O–H groups in total. The van der Waals surface area contributed by atoms with Gasteiger partial charge in [0.05, 0.1) is 6.04 Å². The van der Waals surface area contributed by atoms with Crippen LogP contribution < -0.4 is 10.6 Å². The number of carbonyl (C=O) groups excluding carboxylic acids is 1. The monoisotopic (exact) mass is 239 g/mol. The molecule has 4 heteroatoms. The maximum Gasteiger partial charge on any atom is 0.237 e. The zero-order chi connectivity index (χ0) is 12.1. The molecule has 2 rings (SSSR count). The second-order valence-corrected chi connectivity index (χ2v) is 5.48. The summed E-state index contributed by atoms with van der Waals surface area (Å²) in [5.41, 5.74) is 0. The average Bonchev–Trinajstić information content (AvgIpc) is 2.82. The fraction of sp³-hybridized carbons (Fsp3) is 0.923. The zero-order valence-corrected chi connectivity index (χ0v) is 10.9. The van der Waals surface area contributed by atoms with Gasteiger partial charge < -0.3 is 15.5 Å². The first kappa shape index (κ1) is 12.8. The first-order valence-electron chi connectivity index (χ1n) is 6.99. The largest absolute Gasteiger partial charge is 0.353 e. The van der Waals surface area contributed by atoms with Crippen LogP contribution in [0.5, 0.6) is 0 Å². The van der Waals surface area contributed by atoms with Crippen molar-refractivity contribution in [2.24, 2.45) is 5.92 Å². The van der Waals surface area contributed by atoms with E-state index < -0.39 is 0 Å². The van der Waals surface area contributed by atoms with Crippen molar-refractivity contribution >= 4 is 5.91 Å². The highest BCUT2D eigenvalue weighted by atomic mass is 16.2. The highest BCUT2D eigenvalue weighted by Gasteiger charge is 2.24. The van der Waals surface area contributed by atoms with Crippen molar-refractivity contribution < 1.29 is 4.79 Å². The molecule has 0 bridgehead atoms. The molecule has 0 aromatic rings. The van der Waals surface area contributed by atoms with Gasteiger partial charge >= 0.3 is 0 Å². The summed E-state index contributed by atoms with van der Waals surface area (Å²) in [6.45, 7) is 7.42. The van der Waals surface area contributed by atoms with Crippen molar-refractivity contribution in [3.8, 4) is 0 Å². The molecular weight excluding hydrogens is 214 g/mol. The summed E-state index contributed by atoms with van der Waals surface area (Å²) < 4.78 is 0. The highest BCUT2D eigenvalue weighted by Crippen LogP contribution is 2.14. The Hall–Kier alpha value is -0.610. The molecule has 0 spiro atoms. The Morgan fingerprint density at radius 3 is 2.88 bits per heavy atom. The van der Waals surface area contributed by atoms with Gasteiger partial charge in [0, 0.05) is 13.1 Å². The minimum Gasteiger partial charge on any atom is -0.353 e. The SMILES string of the molecule is CC1CCNC(C(=O)NCCN2CCCC2)C1. The van der Waals surface area contributed by atoms with Crippen LogP contribution in [0.4, 0.5) is 0 Å². The van der Waals surface area contributed by atoms with E-state index in [0.29, 0.717) is 5.92 Å². The van der Waals surface area contributed by atoms with Gasteiger partial charge in [-0.2, -0.15) is 0 Å². The Bertz CT molecular complexity index is 251. The predicted molar refractivity (Wildman–Crippen MR) is 68.9 cm³/mol. The van der Waals surface area contributed by atoms with Crippen molar-refractivity contribution in [3.63, 3.8) is 0 Å². The van der Waals surface area contributed by atoms with E-state index in [9.17, 15) is 4.79 Å². The van der Waals surface area contributed by atoms with Gasteiger partial charge in [0.25, 0.3) is 0 Å². The number of carbonyl (C=O) groups is 1. The van der Waals surface area contributed by atoms with E-state index >= 15 is 0 Å². The molecule has 2 fully saturated rings. The Kier molecular flexibility index (Phi) is 4.80. The van der Waals surface area contributed by atoms with E-state index in [0.717, 1.165) is 26.1 Å². The predicted octanol–water partition coefficient (Wildman–Crippen LogP) is 0.587. The van der Waals surface area contributed by atoms with Crippen LogP contribution in [0, 0.1) is 5.92 Å². The Labute approximate surface area is 104 Å². The van der Waals surface area contributed by atoms with Gasteiger partial charge in [-0.15, -0.1) is 0 Å². The van der Waals surface area contributed by atoms with E-state index in [2.05, 4.69) is 22.5 Å². The summed E-state index contributed by atoms with van der Waals surface area (Å²) >= 11 is 0. The lowest BCUT2D eigenvalue weighted by atomic mass is 9.94. The first-order chi connectivity index (χ1) is 8.25. The van der Waals surface area contributed by atoms with E-state index in [1.807, 2.05) is 0 Å². The van der Waals surface area contributed by atoms with Gasteiger partial charge in [-0.25, -0.2) is 0 Å². The van der Waals surface area contributed by atoms with Crippen LogP contribution in [0.15, 0.2) is 0 Å². The number of amides is 1. The van der Waals surface area contributed by atoms with E-state index in [-0.39, 0.29) is 11.9 Å². The molecule has 0 aromatic carbocycles. The lowest BCUT2D eigenvalue weighted by molar-refractivity contribution is -0.124. The van der Waals surface area contributed by atoms with Crippen LogP contribution in [0.1, 0.15) is 32.6 Å². The summed E-state index contributed by atoms with van der Waals surface area (Å²) in [4.78, 5) is 14.4. The maximum atomic E-state index is 11.9. The fourth-order valence-electron chi connectivity index (χ4n) is 2.77. The molecule has 0 saturated carbocycles. The number of hydrogen-bond donors (Lipinski definition) is 2. The second-order valence-electron chi connectivity index (χ2n) is 5.48. The summed E-state index contributed by atoms with van der Waals surface area (Å²) in [7, 11) is 0. The number of nitrogens with one attached hydrogen (secondary N) is 2. The first-order valence-corrected chi connectivity index (χ1v) is 6.99. The lowest BCUT2D eigenvalue weighted by Crippen LogP contribution is -2.49. The third-order valence-electron chi connectivity index (χ3n) is 3.91. The van der Waals surface area contributed by atoms with Crippen LogP contribution in [-0.2, 0) is 4.79 Å². The van der Waals surface area contributed by atoms with Crippen molar-refractivity contribution in [2.75, 3.05) is 32.7 Å². The number of likely N-dealkylation sites (tertiary alicyclic amines) is 1. The molecule has 2 unspecified atom stereocenters. The smallest absolute Gasteiger partial charge is 0.237 e. The third kappa shape index (κ3) is 3.96. The topological polar surface area (TPSA) is 44.4 Å². The van der Waals surface area contributed by atoms with Crippen LogP contribution >= 0.6 is 0 Å². The molecule has 1 amide bonds. The summed E-state index contributed by atoms with van der Waals surface area (Å²) in [6.07, 6.45) is 4.80. The molecule has 0 radical (unpaired) electrons. The standard InChI is InChI=1S/C13H25N3O/c1-11-4-5-14-12(10-11)13(17)15-6-9-16-7-2-3-8-16/h11-12,14H,2-10H2,1H3,(H,15,17). The normalized spacial score (nSPS) is 30.4. The molecule has 0 aromatic heterocycles. The number of hydrogen-bond acceptors (Lipinski definition) is 3. The summed E-state index contributed by atoms with van der Waals surface area (Å²) in [6, 6.07) is 0.0392. The minimum absolute atomic E-state index is 0.0392. The van der Waals surface area contributed by atoms with Crippen molar-refractivity contribution in [1.29, 1.82) is 0 Å². The van der Waals surface area contributed by atoms with Gasteiger partial charge in [-0.1, -0.05) is 6.92 Å². The lowest BCUT2D eigenvalue weighted by Gasteiger charge is -2.27. The minimum atomic E-state index is 0.0392. The fourth-order valence-corrected chi connectivity index (χ4v) is 2.77. The number of nitrogens with zero attached hydrogens (tertiary/aromatic N) is 1. The Balaban J connectivity index is 1.62. The summed E-state index contributed by atoms with van der Waals surface area (Å²) in [5, 5.41) is 6.36. The molecule has 2 atom stereocenters. The van der Waals surface area contributed by atoms with Gasteiger partial charge in [0.2, 0.25) is 5.91 Å². The van der Waals surface area contributed by atoms with Crippen molar-refractivity contribution in [1.82, 2.24) is 15.5 Å². The van der Waals surface area contributed by atoms with Crippen molar-refractivity contribution in [2.45, 2.75) is 38.6 Å². The van der Waals surface area contributed by atoms with E-state index in [4.69, 9.17) is 0 Å². The molecule has 4 nitrogen and oxygen atoms in total. The van der Waals surface area contributed by atoms with Gasteiger partial charge in [0.15, 0.2) is 0 Å². The van der Waals surface area contributed by atoms with E-state index in [1.54, 1.807) is 0 Å². The maximum absolute atomic E-state index is 11.9. The number of rotatable bonds is 4. The second kappa shape index (κ2) is 6.36. The molecule has 17 heavy (non-hydrogen) atoms. The number of piperidine rings is 1.